The highest BCUT2D eigenvalue weighted by atomic mass is 16.1. The number of hydrogen-bond acceptors (Lipinski definition) is 2. The smallest absolute Gasteiger partial charge is 0.261 e. The lowest BCUT2D eigenvalue weighted by molar-refractivity contribution is 0.609. The first-order valence-corrected chi connectivity index (χ1v) is 6.28. The van der Waals surface area contributed by atoms with Crippen LogP contribution in [0.4, 0.5) is 0 Å². The van der Waals surface area contributed by atoms with Crippen molar-refractivity contribution in [3.05, 3.63) is 76.8 Å². The number of benzene rings is 2. The lowest BCUT2D eigenvalue weighted by Gasteiger charge is -2.15. The van der Waals surface area contributed by atoms with Gasteiger partial charge in [0.1, 0.15) is 0 Å². The molecule has 0 saturated carbocycles. The first kappa shape index (κ1) is 11.7. The minimum atomic E-state index is -0.0224. The van der Waals surface area contributed by atoms with Crippen molar-refractivity contribution in [3.63, 3.8) is 0 Å². The summed E-state index contributed by atoms with van der Waals surface area (Å²) in [5.41, 5.74) is 1.84. The SMILES string of the molecule is C[C@@H](c1ccccc1)n1cnc2ccccc2c1=O. The molecule has 0 saturated heterocycles. The van der Waals surface area contributed by atoms with Crippen LogP contribution in [0.3, 0.4) is 0 Å². The van der Waals surface area contributed by atoms with Crippen LogP contribution in [-0.2, 0) is 0 Å². The van der Waals surface area contributed by atoms with E-state index >= 15 is 0 Å². The Balaban J connectivity index is 2.16. The van der Waals surface area contributed by atoms with Crippen LogP contribution in [0.25, 0.3) is 10.9 Å². The average molecular weight is 250 g/mol. The van der Waals surface area contributed by atoms with Crippen molar-refractivity contribution >= 4 is 10.9 Å². The normalized spacial score (nSPS) is 12.5. The van der Waals surface area contributed by atoms with E-state index in [1.165, 1.54) is 0 Å². The van der Waals surface area contributed by atoms with Crippen LogP contribution in [0.1, 0.15) is 18.5 Å². The van der Waals surface area contributed by atoms with Gasteiger partial charge in [-0.05, 0) is 24.6 Å². The molecule has 0 spiro atoms. The van der Waals surface area contributed by atoms with E-state index in [1.54, 1.807) is 10.9 Å². The number of aromatic nitrogens is 2. The predicted octanol–water partition coefficient (Wildman–Crippen LogP) is 3.01. The summed E-state index contributed by atoms with van der Waals surface area (Å²) in [5.74, 6) is 0. The second kappa shape index (κ2) is 4.69. The summed E-state index contributed by atoms with van der Waals surface area (Å²) in [6, 6.07) is 17.4. The Morgan fingerprint density at radius 3 is 2.47 bits per heavy atom. The fraction of sp³-hybridized carbons (Fsp3) is 0.125. The number of hydrogen-bond donors (Lipinski definition) is 0. The Kier molecular flexibility index (Phi) is 2.88. The fourth-order valence-corrected chi connectivity index (χ4v) is 2.25. The third-order valence-corrected chi connectivity index (χ3v) is 3.39. The Bertz CT molecular complexity index is 762. The van der Waals surface area contributed by atoms with Crippen LogP contribution in [0.15, 0.2) is 65.7 Å². The van der Waals surface area contributed by atoms with E-state index in [0.717, 1.165) is 11.1 Å². The second-order valence-electron chi connectivity index (χ2n) is 4.56. The van der Waals surface area contributed by atoms with Crippen molar-refractivity contribution in [2.45, 2.75) is 13.0 Å². The van der Waals surface area contributed by atoms with Gasteiger partial charge in [0, 0.05) is 0 Å². The van der Waals surface area contributed by atoms with Crippen molar-refractivity contribution in [3.8, 4) is 0 Å². The minimum absolute atomic E-state index is 0.00181. The van der Waals surface area contributed by atoms with E-state index in [1.807, 2.05) is 61.5 Å². The zero-order valence-electron chi connectivity index (χ0n) is 10.7. The second-order valence-corrected chi connectivity index (χ2v) is 4.56. The summed E-state index contributed by atoms with van der Waals surface area (Å²) >= 11 is 0. The maximum Gasteiger partial charge on any atom is 0.261 e. The van der Waals surface area contributed by atoms with Crippen LogP contribution in [0.2, 0.25) is 0 Å². The molecule has 3 heteroatoms. The molecule has 0 N–H and O–H groups in total. The van der Waals surface area contributed by atoms with E-state index in [-0.39, 0.29) is 11.6 Å². The Morgan fingerprint density at radius 2 is 1.68 bits per heavy atom. The maximum absolute atomic E-state index is 12.5. The summed E-state index contributed by atoms with van der Waals surface area (Å²) in [7, 11) is 0. The molecular formula is C16H14N2O. The van der Waals surface area contributed by atoms with Crippen molar-refractivity contribution < 1.29 is 0 Å². The van der Waals surface area contributed by atoms with E-state index in [4.69, 9.17) is 0 Å². The van der Waals surface area contributed by atoms with Crippen molar-refractivity contribution in [2.75, 3.05) is 0 Å². The summed E-state index contributed by atoms with van der Waals surface area (Å²) in [4.78, 5) is 16.8. The van der Waals surface area contributed by atoms with Gasteiger partial charge in [-0.25, -0.2) is 4.98 Å². The van der Waals surface area contributed by atoms with E-state index in [2.05, 4.69) is 4.98 Å². The average Bonchev–Trinajstić information content (AvgIpc) is 2.48. The van der Waals surface area contributed by atoms with Gasteiger partial charge in [-0.1, -0.05) is 42.5 Å². The van der Waals surface area contributed by atoms with Gasteiger partial charge in [-0.3, -0.25) is 9.36 Å². The van der Waals surface area contributed by atoms with E-state index in [0.29, 0.717) is 5.39 Å². The van der Waals surface area contributed by atoms with Gasteiger partial charge >= 0.3 is 0 Å². The molecule has 0 unspecified atom stereocenters. The molecule has 3 aromatic rings. The quantitative estimate of drug-likeness (QED) is 0.700. The highest BCUT2D eigenvalue weighted by Crippen LogP contribution is 2.16. The Morgan fingerprint density at radius 1 is 1.00 bits per heavy atom. The van der Waals surface area contributed by atoms with E-state index in [9.17, 15) is 4.79 Å². The predicted molar refractivity (Wildman–Crippen MR) is 76.3 cm³/mol. The molecule has 19 heavy (non-hydrogen) atoms. The first-order valence-electron chi connectivity index (χ1n) is 6.28. The molecule has 0 bridgehead atoms. The topological polar surface area (TPSA) is 34.9 Å². The van der Waals surface area contributed by atoms with Crippen molar-refractivity contribution in [1.29, 1.82) is 0 Å². The van der Waals surface area contributed by atoms with Gasteiger partial charge in [-0.2, -0.15) is 0 Å². The highest BCUT2D eigenvalue weighted by molar-refractivity contribution is 5.76. The largest absolute Gasteiger partial charge is 0.291 e. The summed E-state index contributed by atoms with van der Waals surface area (Å²) in [6.45, 7) is 2.01. The van der Waals surface area contributed by atoms with Crippen LogP contribution >= 0.6 is 0 Å². The molecule has 1 heterocycles. The van der Waals surface area contributed by atoms with Gasteiger partial charge in [0.15, 0.2) is 0 Å². The third kappa shape index (κ3) is 2.03. The lowest BCUT2D eigenvalue weighted by Crippen LogP contribution is -2.24. The van der Waals surface area contributed by atoms with Gasteiger partial charge in [0.05, 0.1) is 23.3 Å². The van der Waals surface area contributed by atoms with Crippen LogP contribution < -0.4 is 5.56 Å². The monoisotopic (exact) mass is 250 g/mol. The molecule has 1 atom stereocenters. The van der Waals surface area contributed by atoms with Crippen molar-refractivity contribution in [1.82, 2.24) is 9.55 Å². The van der Waals surface area contributed by atoms with Crippen LogP contribution in [0.5, 0.6) is 0 Å². The van der Waals surface area contributed by atoms with Gasteiger partial charge in [0.2, 0.25) is 0 Å². The van der Waals surface area contributed by atoms with E-state index < -0.39 is 0 Å². The summed E-state index contributed by atoms with van der Waals surface area (Å²) < 4.78 is 1.68. The standard InChI is InChI=1S/C16H14N2O/c1-12(13-7-3-2-4-8-13)18-11-17-15-10-6-5-9-14(15)16(18)19/h2-12H,1H3/t12-/m0/s1. The Labute approximate surface area is 111 Å². The number of nitrogens with zero attached hydrogens (tertiary/aromatic N) is 2. The molecule has 3 nitrogen and oxygen atoms in total. The molecular weight excluding hydrogens is 236 g/mol. The lowest BCUT2D eigenvalue weighted by atomic mass is 10.1. The van der Waals surface area contributed by atoms with Crippen LogP contribution in [0, 0.1) is 0 Å². The number of rotatable bonds is 2. The van der Waals surface area contributed by atoms with Crippen LogP contribution in [-0.4, -0.2) is 9.55 Å². The zero-order chi connectivity index (χ0) is 13.2. The molecule has 2 aromatic carbocycles. The molecule has 94 valence electrons. The van der Waals surface area contributed by atoms with Gasteiger partial charge in [-0.15, -0.1) is 0 Å². The highest BCUT2D eigenvalue weighted by Gasteiger charge is 2.11. The molecule has 0 aliphatic rings. The molecule has 3 rings (SSSR count). The van der Waals surface area contributed by atoms with Crippen molar-refractivity contribution in [2.24, 2.45) is 0 Å². The Hall–Kier alpha value is -2.42. The molecule has 1 aromatic heterocycles. The summed E-state index contributed by atoms with van der Waals surface area (Å²) in [5, 5.41) is 0.660. The molecule has 0 radical (unpaired) electrons. The molecule has 0 aliphatic carbocycles. The maximum atomic E-state index is 12.5. The number of para-hydroxylation sites is 1. The van der Waals surface area contributed by atoms with Gasteiger partial charge in [0.25, 0.3) is 5.56 Å². The number of fused-ring (bicyclic) bond motifs is 1. The minimum Gasteiger partial charge on any atom is -0.291 e. The molecule has 0 fully saturated rings. The molecule has 0 amide bonds. The molecule has 0 aliphatic heterocycles. The fourth-order valence-electron chi connectivity index (χ4n) is 2.25. The first-order chi connectivity index (χ1) is 9.27. The summed E-state index contributed by atoms with van der Waals surface area (Å²) in [6.07, 6.45) is 1.63. The third-order valence-electron chi connectivity index (χ3n) is 3.39. The zero-order valence-corrected chi connectivity index (χ0v) is 10.7. The van der Waals surface area contributed by atoms with Gasteiger partial charge < -0.3 is 0 Å².